The third-order valence-corrected chi connectivity index (χ3v) is 5.47. The van der Waals surface area contributed by atoms with Gasteiger partial charge in [0.05, 0.1) is 18.8 Å². The Balaban J connectivity index is 2.16. The number of thiophene rings is 1. The first-order valence-corrected chi connectivity index (χ1v) is 10.9. The van der Waals surface area contributed by atoms with Gasteiger partial charge in [0.1, 0.15) is 9.88 Å². The number of nitrogens with one attached hydrogen (secondary N) is 1. The number of benzene rings is 1. The second-order valence-corrected chi connectivity index (χ2v) is 8.33. The minimum atomic E-state index is -0.630. The van der Waals surface area contributed by atoms with Crippen LogP contribution in [0.15, 0.2) is 30.3 Å². The standard InChI is InChI=1S/C23H27NO6S/c1-5-29-22(27)19-15(4)20(23(28)30-13-14(2)3)31-21(19)24-18(26)12-11-17(25)16-9-7-6-8-10-16/h6-10,14H,5,11-13H2,1-4H3,(H,24,26). The molecule has 0 aliphatic carbocycles. The predicted molar refractivity (Wildman–Crippen MR) is 119 cm³/mol. The SMILES string of the molecule is CCOC(=O)c1c(NC(=O)CCC(=O)c2ccccc2)sc(C(=O)OCC(C)C)c1C. The summed E-state index contributed by atoms with van der Waals surface area (Å²) < 4.78 is 10.4. The van der Waals surface area contributed by atoms with Gasteiger partial charge in [0, 0.05) is 18.4 Å². The van der Waals surface area contributed by atoms with E-state index in [2.05, 4.69) is 5.32 Å². The summed E-state index contributed by atoms with van der Waals surface area (Å²) in [7, 11) is 0. The molecule has 166 valence electrons. The van der Waals surface area contributed by atoms with Gasteiger partial charge >= 0.3 is 11.9 Å². The van der Waals surface area contributed by atoms with E-state index in [0.717, 1.165) is 11.3 Å². The average molecular weight is 446 g/mol. The topological polar surface area (TPSA) is 98.8 Å². The van der Waals surface area contributed by atoms with Crippen LogP contribution in [0.3, 0.4) is 0 Å². The highest BCUT2D eigenvalue weighted by atomic mass is 32.1. The molecule has 1 heterocycles. The van der Waals surface area contributed by atoms with E-state index >= 15 is 0 Å². The number of Topliss-reactive ketones (excluding diaryl/α,β-unsaturated/α-hetero) is 1. The summed E-state index contributed by atoms with van der Waals surface area (Å²) in [5, 5.41) is 2.87. The molecular weight excluding hydrogens is 418 g/mol. The van der Waals surface area contributed by atoms with Crippen molar-refractivity contribution in [1.29, 1.82) is 0 Å². The smallest absolute Gasteiger partial charge is 0.348 e. The molecule has 1 aromatic heterocycles. The fourth-order valence-corrected chi connectivity index (χ4v) is 3.84. The van der Waals surface area contributed by atoms with Gasteiger partial charge in [-0.15, -0.1) is 11.3 Å². The molecule has 7 nitrogen and oxygen atoms in total. The lowest BCUT2D eigenvalue weighted by molar-refractivity contribution is -0.116. The summed E-state index contributed by atoms with van der Waals surface area (Å²) >= 11 is 0.967. The number of rotatable bonds is 10. The van der Waals surface area contributed by atoms with Crippen molar-refractivity contribution in [2.75, 3.05) is 18.5 Å². The average Bonchev–Trinajstić information content (AvgIpc) is 3.06. The van der Waals surface area contributed by atoms with Crippen molar-refractivity contribution in [2.24, 2.45) is 5.92 Å². The molecule has 31 heavy (non-hydrogen) atoms. The summed E-state index contributed by atoms with van der Waals surface area (Å²) in [6.07, 6.45) is -0.0295. The molecule has 1 amide bonds. The third-order valence-electron chi connectivity index (χ3n) is 4.29. The van der Waals surface area contributed by atoms with E-state index in [0.29, 0.717) is 11.1 Å². The molecule has 2 rings (SSSR count). The minimum absolute atomic E-state index is 0.0260. The lowest BCUT2D eigenvalue weighted by Gasteiger charge is -2.07. The number of carbonyl (C=O) groups is 4. The van der Waals surface area contributed by atoms with Gasteiger partial charge in [-0.25, -0.2) is 9.59 Å². The maximum atomic E-state index is 12.5. The monoisotopic (exact) mass is 445 g/mol. The highest BCUT2D eigenvalue weighted by Gasteiger charge is 2.27. The third kappa shape index (κ3) is 6.75. The summed E-state index contributed by atoms with van der Waals surface area (Å²) in [5.74, 6) is -1.61. The summed E-state index contributed by atoms with van der Waals surface area (Å²) in [4.78, 5) is 49.8. The Labute approximate surface area is 185 Å². The Bertz CT molecular complexity index is 948. The van der Waals surface area contributed by atoms with E-state index in [1.807, 2.05) is 19.9 Å². The van der Waals surface area contributed by atoms with Crippen molar-refractivity contribution < 1.29 is 28.7 Å². The van der Waals surface area contributed by atoms with Gasteiger partial charge in [-0.05, 0) is 25.3 Å². The molecule has 0 aliphatic heterocycles. The van der Waals surface area contributed by atoms with Crippen molar-refractivity contribution in [3.8, 4) is 0 Å². The molecule has 0 atom stereocenters. The Morgan fingerprint density at radius 2 is 1.68 bits per heavy atom. The van der Waals surface area contributed by atoms with Crippen molar-refractivity contribution >= 4 is 40.0 Å². The first kappa shape index (κ1) is 24.3. The normalized spacial score (nSPS) is 10.6. The van der Waals surface area contributed by atoms with Crippen molar-refractivity contribution in [3.05, 3.63) is 51.9 Å². The molecule has 0 fully saturated rings. The molecule has 0 unspecified atom stereocenters. The van der Waals surface area contributed by atoms with E-state index in [1.165, 1.54) is 0 Å². The van der Waals surface area contributed by atoms with Gasteiger partial charge in [0.2, 0.25) is 5.91 Å². The molecule has 0 radical (unpaired) electrons. The Hall–Kier alpha value is -3.00. The lowest BCUT2D eigenvalue weighted by Crippen LogP contribution is -2.16. The molecule has 1 N–H and O–H groups in total. The lowest BCUT2D eigenvalue weighted by atomic mass is 10.1. The van der Waals surface area contributed by atoms with E-state index in [4.69, 9.17) is 9.47 Å². The van der Waals surface area contributed by atoms with Crippen LogP contribution in [0.2, 0.25) is 0 Å². The summed E-state index contributed by atoms with van der Waals surface area (Å²) in [6, 6.07) is 8.71. The van der Waals surface area contributed by atoms with E-state index in [9.17, 15) is 19.2 Å². The van der Waals surface area contributed by atoms with Gasteiger partial charge in [-0.2, -0.15) is 0 Å². The fourth-order valence-electron chi connectivity index (χ4n) is 2.74. The second-order valence-electron chi connectivity index (χ2n) is 7.31. The van der Waals surface area contributed by atoms with Gasteiger partial charge in [0.25, 0.3) is 0 Å². The molecule has 0 saturated carbocycles. The molecule has 0 spiro atoms. The zero-order valence-corrected chi connectivity index (χ0v) is 19.0. The fraction of sp³-hybridized carbons (Fsp3) is 0.391. The zero-order valence-electron chi connectivity index (χ0n) is 18.2. The van der Waals surface area contributed by atoms with Crippen LogP contribution in [0, 0.1) is 12.8 Å². The number of carbonyl (C=O) groups excluding carboxylic acids is 4. The summed E-state index contributed by atoms with van der Waals surface area (Å²) in [5.41, 5.74) is 1.06. The second kappa shape index (κ2) is 11.4. The van der Waals surface area contributed by atoms with Crippen LogP contribution in [0.4, 0.5) is 5.00 Å². The minimum Gasteiger partial charge on any atom is -0.462 e. The maximum Gasteiger partial charge on any atom is 0.348 e. The van der Waals surface area contributed by atoms with E-state index in [-0.39, 0.29) is 53.2 Å². The molecule has 8 heteroatoms. The van der Waals surface area contributed by atoms with Crippen LogP contribution in [0.25, 0.3) is 0 Å². The van der Waals surface area contributed by atoms with Crippen LogP contribution in [0.1, 0.15) is 69.6 Å². The first-order chi connectivity index (χ1) is 14.7. The molecule has 2 aromatic rings. The Kier molecular flexibility index (Phi) is 8.93. The molecule has 0 aliphatic rings. The maximum absolute atomic E-state index is 12.5. The number of hydrogen-bond donors (Lipinski definition) is 1. The number of ketones is 1. The predicted octanol–water partition coefficient (Wildman–Crippen LogP) is 4.65. The highest BCUT2D eigenvalue weighted by molar-refractivity contribution is 7.18. The van der Waals surface area contributed by atoms with Crippen molar-refractivity contribution in [2.45, 2.75) is 40.5 Å². The quantitative estimate of drug-likeness (QED) is 0.422. The number of hydrogen-bond acceptors (Lipinski definition) is 7. The Morgan fingerprint density at radius 1 is 1.00 bits per heavy atom. The van der Waals surface area contributed by atoms with Crippen molar-refractivity contribution in [1.82, 2.24) is 0 Å². The number of anilines is 1. The summed E-state index contributed by atoms with van der Waals surface area (Å²) in [6.45, 7) is 7.52. The number of amides is 1. The molecule has 0 saturated heterocycles. The zero-order chi connectivity index (χ0) is 23.0. The van der Waals surface area contributed by atoms with Crippen molar-refractivity contribution in [3.63, 3.8) is 0 Å². The number of esters is 2. The first-order valence-electron chi connectivity index (χ1n) is 10.1. The molecule has 1 aromatic carbocycles. The van der Waals surface area contributed by atoms with E-state index in [1.54, 1.807) is 38.1 Å². The van der Waals surface area contributed by atoms with Gasteiger partial charge in [-0.3, -0.25) is 9.59 Å². The van der Waals surface area contributed by atoms with Crippen LogP contribution in [0.5, 0.6) is 0 Å². The van der Waals surface area contributed by atoms with Crippen LogP contribution < -0.4 is 5.32 Å². The largest absolute Gasteiger partial charge is 0.462 e. The van der Waals surface area contributed by atoms with E-state index < -0.39 is 17.8 Å². The number of ether oxygens (including phenoxy) is 2. The van der Waals surface area contributed by atoms with Crippen LogP contribution >= 0.6 is 11.3 Å². The molecule has 0 bridgehead atoms. The highest BCUT2D eigenvalue weighted by Crippen LogP contribution is 2.34. The van der Waals surface area contributed by atoms with Gasteiger partial charge in [-0.1, -0.05) is 44.2 Å². The Morgan fingerprint density at radius 3 is 2.29 bits per heavy atom. The molecular formula is C23H27NO6S. The van der Waals surface area contributed by atoms with Gasteiger partial charge in [0.15, 0.2) is 5.78 Å². The van der Waals surface area contributed by atoms with Gasteiger partial charge < -0.3 is 14.8 Å². The van der Waals surface area contributed by atoms with Crippen LogP contribution in [-0.4, -0.2) is 36.8 Å². The van der Waals surface area contributed by atoms with Crippen LogP contribution in [-0.2, 0) is 14.3 Å².